The van der Waals surface area contributed by atoms with E-state index < -0.39 is 0 Å². The molecule has 4 nitrogen and oxygen atoms in total. The highest BCUT2D eigenvalue weighted by Crippen LogP contribution is 2.31. The average molecular weight is 344 g/mol. The minimum atomic E-state index is 0.0935. The van der Waals surface area contributed by atoms with Gasteiger partial charge in [-0.3, -0.25) is 4.79 Å². The summed E-state index contributed by atoms with van der Waals surface area (Å²) in [5.74, 6) is 1.45. The molecule has 2 atom stereocenters. The molecule has 0 unspecified atom stereocenters. The molecule has 1 aromatic carbocycles. The Morgan fingerprint density at radius 1 is 1.29 bits per heavy atom. The second-order valence-electron chi connectivity index (χ2n) is 6.28. The lowest BCUT2D eigenvalue weighted by Crippen LogP contribution is -2.34. The molecule has 1 amide bonds. The highest BCUT2D eigenvalue weighted by atomic mass is 32.1. The van der Waals surface area contributed by atoms with Crippen LogP contribution in [0.2, 0.25) is 0 Å². The zero-order chi connectivity index (χ0) is 16.9. The summed E-state index contributed by atoms with van der Waals surface area (Å²) in [6.45, 7) is 1.20. The van der Waals surface area contributed by atoms with Crippen LogP contribution < -0.4 is 15.8 Å². The highest BCUT2D eigenvalue weighted by Gasteiger charge is 2.31. The van der Waals surface area contributed by atoms with Crippen LogP contribution in [0.4, 0.5) is 0 Å². The topological polar surface area (TPSA) is 64.3 Å². The Morgan fingerprint density at radius 3 is 2.79 bits per heavy atom. The molecule has 1 saturated carbocycles. The Hall–Kier alpha value is -1.85. The normalized spacial score (nSPS) is 20.1. The van der Waals surface area contributed by atoms with Crippen molar-refractivity contribution in [3.63, 3.8) is 0 Å². The molecule has 0 bridgehead atoms. The minimum absolute atomic E-state index is 0.0935. The van der Waals surface area contributed by atoms with E-state index >= 15 is 0 Å². The summed E-state index contributed by atoms with van der Waals surface area (Å²) in [6.07, 6.45) is 3.16. The van der Waals surface area contributed by atoms with Crippen LogP contribution in [0.1, 0.15) is 24.1 Å². The van der Waals surface area contributed by atoms with E-state index in [0.29, 0.717) is 19.0 Å². The zero-order valence-corrected chi connectivity index (χ0v) is 14.8. The SMILES string of the molecule is COc1ccc(-c2csc(CNC(=O)[C@@H]3CCC[C@@H]3CN)c2)cc1. The Morgan fingerprint density at radius 2 is 2.08 bits per heavy atom. The van der Waals surface area contributed by atoms with Crippen molar-refractivity contribution in [2.75, 3.05) is 13.7 Å². The molecule has 3 rings (SSSR count). The van der Waals surface area contributed by atoms with Gasteiger partial charge in [0.2, 0.25) is 5.91 Å². The number of hydrogen-bond acceptors (Lipinski definition) is 4. The van der Waals surface area contributed by atoms with E-state index in [0.717, 1.165) is 35.5 Å². The summed E-state index contributed by atoms with van der Waals surface area (Å²) < 4.78 is 5.19. The van der Waals surface area contributed by atoms with Gasteiger partial charge in [0.05, 0.1) is 13.7 Å². The monoisotopic (exact) mass is 344 g/mol. The highest BCUT2D eigenvalue weighted by molar-refractivity contribution is 7.10. The summed E-state index contributed by atoms with van der Waals surface area (Å²) in [5, 5.41) is 5.21. The van der Waals surface area contributed by atoms with E-state index in [1.165, 1.54) is 5.56 Å². The van der Waals surface area contributed by atoms with Gasteiger partial charge in [0.15, 0.2) is 0 Å². The number of methoxy groups -OCH3 is 1. The molecule has 1 aliphatic carbocycles. The van der Waals surface area contributed by atoms with Crippen LogP contribution in [0.25, 0.3) is 11.1 Å². The lowest BCUT2D eigenvalue weighted by Gasteiger charge is -2.16. The second kappa shape index (κ2) is 7.81. The molecule has 1 fully saturated rings. The average Bonchev–Trinajstić information content (AvgIpc) is 3.29. The van der Waals surface area contributed by atoms with Crippen molar-refractivity contribution in [1.82, 2.24) is 5.32 Å². The first-order valence-corrected chi connectivity index (χ1v) is 9.29. The largest absolute Gasteiger partial charge is 0.497 e. The van der Waals surface area contributed by atoms with E-state index in [4.69, 9.17) is 10.5 Å². The van der Waals surface area contributed by atoms with Crippen LogP contribution in [-0.2, 0) is 11.3 Å². The summed E-state index contributed by atoms with van der Waals surface area (Å²) in [7, 11) is 1.67. The Labute approximate surface area is 147 Å². The maximum absolute atomic E-state index is 12.4. The van der Waals surface area contributed by atoms with Crippen LogP contribution in [-0.4, -0.2) is 19.6 Å². The van der Waals surface area contributed by atoms with Crippen molar-refractivity contribution in [2.45, 2.75) is 25.8 Å². The number of carbonyl (C=O) groups is 1. The minimum Gasteiger partial charge on any atom is -0.497 e. The first-order valence-electron chi connectivity index (χ1n) is 8.41. The first-order chi connectivity index (χ1) is 11.7. The van der Waals surface area contributed by atoms with Crippen molar-refractivity contribution in [2.24, 2.45) is 17.6 Å². The maximum atomic E-state index is 12.4. The summed E-state index contributed by atoms with van der Waals surface area (Å²) >= 11 is 1.67. The number of rotatable bonds is 6. The summed E-state index contributed by atoms with van der Waals surface area (Å²) in [6, 6.07) is 10.2. The number of amides is 1. The predicted octanol–water partition coefficient (Wildman–Crippen LogP) is 3.41. The van der Waals surface area contributed by atoms with Crippen molar-refractivity contribution >= 4 is 17.2 Å². The molecular formula is C19H24N2O2S. The van der Waals surface area contributed by atoms with Crippen molar-refractivity contribution in [1.29, 1.82) is 0 Å². The number of thiophene rings is 1. The van der Waals surface area contributed by atoms with Gasteiger partial charge >= 0.3 is 0 Å². The fraction of sp³-hybridized carbons (Fsp3) is 0.421. The molecule has 24 heavy (non-hydrogen) atoms. The van der Waals surface area contributed by atoms with Crippen molar-refractivity contribution < 1.29 is 9.53 Å². The molecular weight excluding hydrogens is 320 g/mol. The molecule has 5 heteroatoms. The van der Waals surface area contributed by atoms with Crippen LogP contribution >= 0.6 is 11.3 Å². The van der Waals surface area contributed by atoms with Crippen LogP contribution in [0.15, 0.2) is 35.7 Å². The van der Waals surface area contributed by atoms with Gasteiger partial charge in [0.25, 0.3) is 0 Å². The number of nitrogens with two attached hydrogens (primary N) is 1. The van der Waals surface area contributed by atoms with Crippen molar-refractivity contribution in [3.05, 3.63) is 40.6 Å². The van der Waals surface area contributed by atoms with Gasteiger partial charge in [-0.15, -0.1) is 11.3 Å². The van der Waals surface area contributed by atoms with E-state index in [-0.39, 0.29) is 11.8 Å². The van der Waals surface area contributed by atoms with Gasteiger partial charge in [-0.1, -0.05) is 18.6 Å². The van der Waals surface area contributed by atoms with Gasteiger partial charge < -0.3 is 15.8 Å². The molecule has 128 valence electrons. The fourth-order valence-electron chi connectivity index (χ4n) is 3.38. The Bertz CT molecular complexity index is 681. The van der Waals surface area contributed by atoms with E-state index in [2.05, 4.69) is 16.8 Å². The Balaban J connectivity index is 1.58. The molecule has 2 aromatic rings. The second-order valence-corrected chi connectivity index (χ2v) is 7.28. The van der Waals surface area contributed by atoms with Gasteiger partial charge in [-0.05, 0) is 60.0 Å². The van der Waals surface area contributed by atoms with Crippen LogP contribution in [0, 0.1) is 11.8 Å². The molecule has 0 aliphatic heterocycles. The maximum Gasteiger partial charge on any atom is 0.223 e. The molecule has 0 spiro atoms. The third-order valence-electron chi connectivity index (χ3n) is 4.81. The number of carbonyl (C=O) groups excluding carboxylic acids is 1. The predicted molar refractivity (Wildman–Crippen MR) is 98.0 cm³/mol. The molecule has 0 saturated heterocycles. The van der Waals surface area contributed by atoms with Crippen molar-refractivity contribution in [3.8, 4) is 16.9 Å². The lowest BCUT2D eigenvalue weighted by molar-refractivity contribution is -0.126. The third kappa shape index (κ3) is 3.79. The summed E-state index contributed by atoms with van der Waals surface area (Å²) in [4.78, 5) is 13.5. The van der Waals surface area contributed by atoms with Crippen LogP contribution in [0.5, 0.6) is 5.75 Å². The van der Waals surface area contributed by atoms with E-state index in [1.807, 2.05) is 24.3 Å². The van der Waals surface area contributed by atoms with Gasteiger partial charge in [0, 0.05) is 10.8 Å². The van der Waals surface area contributed by atoms with E-state index in [9.17, 15) is 4.79 Å². The zero-order valence-electron chi connectivity index (χ0n) is 14.0. The molecule has 1 aromatic heterocycles. The molecule has 3 N–H and O–H groups in total. The molecule has 1 heterocycles. The van der Waals surface area contributed by atoms with Gasteiger partial charge in [-0.25, -0.2) is 0 Å². The third-order valence-corrected chi connectivity index (χ3v) is 5.75. The van der Waals surface area contributed by atoms with Gasteiger partial charge in [-0.2, -0.15) is 0 Å². The molecule has 0 radical (unpaired) electrons. The van der Waals surface area contributed by atoms with E-state index in [1.54, 1.807) is 18.4 Å². The number of ether oxygens (including phenoxy) is 1. The quantitative estimate of drug-likeness (QED) is 0.844. The lowest BCUT2D eigenvalue weighted by atomic mass is 9.95. The fourth-order valence-corrected chi connectivity index (χ4v) is 4.21. The number of benzene rings is 1. The summed E-state index contributed by atoms with van der Waals surface area (Å²) in [5.41, 5.74) is 8.10. The number of hydrogen-bond donors (Lipinski definition) is 2. The molecule has 1 aliphatic rings. The standard InChI is InChI=1S/C19H24N2O2S/c1-23-16-7-5-13(6-8-16)15-9-17(24-12-15)11-21-19(22)18-4-2-3-14(18)10-20/h5-9,12,14,18H,2-4,10-11,20H2,1H3,(H,21,22)/t14-,18-/m1/s1. The smallest absolute Gasteiger partial charge is 0.223 e. The Kier molecular flexibility index (Phi) is 5.53. The first kappa shape index (κ1) is 17.0. The van der Waals surface area contributed by atoms with Gasteiger partial charge in [0.1, 0.15) is 5.75 Å². The van der Waals surface area contributed by atoms with Crippen LogP contribution in [0.3, 0.4) is 0 Å². The number of nitrogens with one attached hydrogen (secondary N) is 1.